The summed E-state index contributed by atoms with van der Waals surface area (Å²) < 4.78 is 0. The monoisotopic (exact) mass is 365 g/mol. The first kappa shape index (κ1) is 20.5. The number of aliphatic carboxylic acids is 1. The number of hydrogen-bond acceptors (Lipinski definition) is 2. The molecule has 0 radical (unpaired) electrons. The van der Waals surface area contributed by atoms with Crippen LogP contribution in [0.3, 0.4) is 0 Å². The minimum Gasteiger partial charge on any atom is -0.478 e. The Kier molecular flexibility index (Phi) is 6.24. The van der Waals surface area contributed by atoms with E-state index in [0.29, 0.717) is 5.56 Å². The first-order valence-electron chi connectivity index (χ1n) is 9.20. The van der Waals surface area contributed by atoms with Gasteiger partial charge in [0, 0.05) is 22.2 Å². The Labute approximate surface area is 160 Å². The van der Waals surface area contributed by atoms with Crippen LogP contribution >= 0.6 is 0 Å². The standard InChI is InChI=1S/C21H21NO3.C2H6/c1-4-6-14-15-10-11-17-16(19(15)22-18(14)7-5-2)9-8-13(20(23)24)12-21(17,3)25;1-2/h4-12,22,25H,1-3H3,(H,23,24);1-2H3/b6-4+,7-5-;. The lowest BCUT2D eigenvalue weighted by Gasteiger charge is -2.21. The molecule has 1 aromatic carbocycles. The van der Waals surface area contributed by atoms with Gasteiger partial charge in [0.05, 0.1) is 11.1 Å². The number of aromatic amines is 1. The zero-order chi connectivity index (χ0) is 20.2. The predicted octanol–water partition coefficient (Wildman–Crippen LogP) is 5.51. The number of benzene rings is 1. The Morgan fingerprint density at radius 1 is 1.11 bits per heavy atom. The lowest BCUT2D eigenvalue weighted by Crippen LogP contribution is -2.20. The number of nitrogens with one attached hydrogen (secondary N) is 1. The Bertz CT molecular complexity index is 969. The van der Waals surface area contributed by atoms with Crippen LogP contribution in [0.4, 0.5) is 0 Å². The smallest absolute Gasteiger partial charge is 0.335 e. The second-order valence-corrected chi connectivity index (χ2v) is 6.29. The molecule has 1 atom stereocenters. The van der Waals surface area contributed by atoms with Crippen molar-refractivity contribution in [2.75, 3.05) is 0 Å². The van der Waals surface area contributed by atoms with Gasteiger partial charge >= 0.3 is 5.97 Å². The van der Waals surface area contributed by atoms with Gasteiger partial charge in [-0.15, -0.1) is 0 Å². The molecule has 1 unspecified atom stereocenters. The highest BCUT2D eigenvalue weighted by atomic mass is 16.4. The molecule has 27 heavy (non-hydrogen) atoms. The molecule has 0 spiro atoms. The molecule has 142 valence electrons. The zero-order valence-electron chi connectivity index (χ0n) is 16.5. The van der Waals surface area contributed by atoms with Crippen molar-refractivity contribution in [1.29, 1.82) is 0 Å². The van der Waals surface area contributed by atoms with Crippen LogP contribution in [0.2, 0.25) is 0 Å². The molecular formula is C23H27NO3. The quantitative estimate of drug-likeness (QED) is 0.672. The normalized spacial score (nSPS) is 19.0. The van der Waals surface area contributed by atoms with Crippen LogP contribution in [0.25, 0.3) is 29.1 Å². The molecule has 3 rings (SSSR count). The van der Waals surface area contributed by atoms with Crippen LogP contribution in [0, 0.1) is 0 Å². The number of rotatable bonds is 3. The van der Waals surface area contributed by atoms with Crippen LogP contribution in [0.5, 0.6) is 0 Å². The summed E-state index contributed by atoms with van der Waals surface area (Å²) in [6.07, 6.45) is 12.7. The van der Waals surface area contributed by atoms with Gasteiger partial charge < -0.3 is 15.2 Å². The van der Waals surface area contributed by atoms with Crippen LogP contribution in [-0.4, -0.2) is 21.2 Å². The lowest BCUT2D eigenvalue weighted by molar-refractivity contribution is -0.132. The highest BCUT2D eigenvalue weighted by molar-refractivity contribution is 6.00. The second-order valence-electron chi connectivity index (χ2n) is 6.29. The Morgan fingerprint density at radius 3 is 2.37 bits per heavy atom. The van der Waals surface area contributed by atoms with E-state index in [-0.39, 0.29) is 5.57 Å². The van der Waals surface area contributed by atoms with E-state index >= 15 is 0 Å². The van der Waals surface area contributed by atoms with Gasteiger partial charge in [0.25, 0.3) is 0 Å². The van der Waals surface area contributed by atoms with Crippen LogP contribution < -0.4 is 0 Å². The minimum atomic E-state index is -1.37. The Hall–Kier alpha value is -2.85. The zero-order valence-corrected chi connectivity index (χ0v) is 16.5. The molecule has 0 fully saturated rings. The van der Waals surface area contributed by atoms with E-state index in [1.165, 1.54) is 12.2 Å². The number of aromatic nitrogens is 1. The van der Waals surface area contributed by atoms with Crippen molar-refractivity contribution < 1.29 is 15.0 Å². The molecule has 0 aliphatic heterocycles. The summed E-state index contributed by atoms with van der Waals surface area (Å²) in [5.74, 6) is -1.06. The third-order valence-corrected chi connectivity index (χ3v) is 4.41. The molecule has 0 saturated carbocycles. The molecule has 0 saturated heterocycles. The maximum Gasteiger partial charge on any atom is 0.335 e. The van der Waals surface area contributed by atoms with Crippen molar-refractivity contribution >= 4 is 35.1 Å². The summed E-state index contributed by atoms with van der Waals surface area (Å²) in [6.45, 7) is 9.53. The van der Waals surface area contributed by atoms with Crippen LogP contribution in [-0.2, 0) is 10.4 Å². The average Bonchev–Trinajstić information content (AvgIpc) is 2.90. The number of allylic oxidation sites excluding steroid dienone is 2. The van der Waals surface area contributed by atoms with Crippen LogP contribution in [0.1, 0.15) is 57.0 Å². The fraction of sp³-hybridized carbons (Fsp3) is 0.261. The molecule has 4 heteroatoms. The van der Waals surface area contributed by atoms with Gasteiger partial charge in [0.1, 0.15) is 5.60 Å². The SMILES string of the molecule is C/C=C\c1[nH]c2c3c(ccc2c1/C=C/C)C(C)(O)C=C(C(=O)O)C=C3.CC. The summed E-state index contributed by atoms with van der Waals surface area (Å²) in [6, 6.07) is 3.83. The first-order valence-corrected chi connectivity index (χ1v) is 9.20. The Morgan fingerprint density at radius 2 is 1.78 bits per heavy atom. The Balaban J connectivity index is 0.00000126. The van der Waals surface area contributed by atoms with E-state index in [9.17, 15) is 15.0 Å². The molecule has 0 amide bonds. The summed E-state index contributed by atoms with van der Waals surface area (Å²) in [4.78, 5) is 14.8. The molecule has 2 aromatic rings. The van der Waals surface area contributed by atoms with Crippen molar-refractivity contribution in [3.8, 4) is 0 Å². The van der Waals surface area contributed by atoms with Gasteiger partial charge in [-0.3, -0.25) is 0 Å². The number of carboxylic acid groups (broad SMARTS) is 1. The van der Waals surface area contributed by atoms with E-state index in [1.807, 2.05) is 64.1 Å². The number of H-pyrrole nitrogens is 1. The van der Waals surface area contributed by atoms with Gasteiger partial charge in [-0.1, -0.05) is 50.3 Å². The second kappa shape index (κ2) is 8.23. The highest BCUT2D eigenvalue weighted by Gasteiger charge is 2.28. The van der Waals surface area contributed by atoms with E-state index in [2.05, 4.69) is 4.98 Å². The molecule has 1 aromatic heterocycles. The third-order valence-electron chi connectivity index (χ3n) is 4.41. The van der Waals surface area contributed by atoms with Crippen molar-refractivity contribution in [3.63, 3.8) is 0 Å². The summed E-state index contributed by atoms with van der Waals surface area (Å²) >= 11 is 0. The van der Waals surface area contributed by atoms with E-state index in [4.69, 9.17) is 0 Å². The molecule has 0 bridgehead atoms. The van der Waals surface area contributed by atoms with Gasteiger partial charge in [0.15, 0.2) is 0 Å². The van der Waals surface area contributed by atoms with Crippen molar-refractivity contribution in [1.82, 2.24) is 4.98 Å². The van der Waals surface area contributed by atoms with E-state index in [1.54, 1.807) is 13.0 Å². The lowest BCUT2D eigenvalue weighted by atomic mass is 9.90. The summed E-state index contributed by atoms with van der Waals surface area (Å²) in [5.41, 5.74) is 3.12. The topological polar surface area (TPSA) is 73.3 Å². The number of aliphatic hydroxyl groups is 1. The van der Waals surface area contributed by atoms with Crippen LogP contribution in [0.15, 0.2) is 42.0 Å². The first-order chi connectivity index (χ1) is 12.9. The largest absolute Gasteiger partial charge is 0.478 e. The molecular weight excluding hydrogens is 338 g/mol. The predicted molar refractivity (Wildman–Crippen MR) is 113 cm³/mol. The molecule has 1 heterocycles. The molecule has 3 N–H and O–H groups in total. The fourth-order valence-corrected chi connectivity index (χ4v) is 3.32. The maximum absolute atomic E-state index is 11.4. The van der Waals surface area contributed by atoms with Crippen molar-refractivity contribution in [3.05, 3.63) is 64.4 Å². The highest BCUT2D eigenvalue weighted by Crippen LogP contribution is 2.37. The number of hydrogen-bond donors (Lipinski definition) is 3. The molecule has 1 aliphatic carbocycles. The fourth-order valence-electron chi connectivity index (χ4n) is 3.32. The van der Waals surface area contributed by atoms with Gasteiger partial charge in [-0.25, -0.2) is 4.79 Å². The van der Waals surface area contributed by atoms with Gasteiger partial charge in [0.2, 0.25) is 0 Å². The number of carbonyl (C=O) groups is 1. The minimum absolute atomic E-state index is 0.0725. The van der Waals surface area contributed by atoms with Crippen molar-refractivity contribution in [2.45, 2.75) is 40.2 Å². The summed E-state index contributed by atoms with van der Waals surface area (Å²) in [7, 11) is 0. The number of carboxylic acids is 1. The summed E-state index contributed by atoms with van der Waals surface area (Å²) in [5, 5.41) is 21.2. The van der Waals surface area contributed by atoms with E-state index in [0.717, 1.165) is 27.7 Å². The third kappa shape index (κ3) is 3.81. The van der Waals surface area contributed by atoms with Gasteiger partial charge in [-0.2, -0.15) is 0 Å². The van der Waals surface area contributed by atoms with Gasteiger partial charge in [-0.05, 0) is 44.6 Å². The molecule has 1 aliphatic rings. The average molecular weight is 365 g/mol. The molecule has 4 nitrogen and oxygen atoms in total. The number of fused-ring (bicyclic) bond motifs is 3. The van der Waals surface area contributed by atoms with Crippen molar-refractivity contribution in [2.24, 2.45) is 0 Å². The maximum atomic E-state index is 11.4. The van der Waals surface area contributed by atoms with E-state index < -0.39 is 11.6 Å².